The molecule has 0 aliphatic heterocycles. The van der Waals surface area contributed by atoms with E-state index in [4.69, 9.17) is 18.6 Å². The summed E-state index contributed by atoms with van der Waals surface area (Å²) in [4.78, 5) is 24.7. The van der Waals surface area contributed by atoms with E-state index in [9.17, 15) is 9.59 Å². The molecule has 0 saturated heterocycles. The number of methoxy groups -OCH3 is 2. The highest BCUT2D eigenvalue weighted by molar-refractivity contribution is 6.74. The molecule has 1 saturated carbocycles. The van der Waals surface area contributed by atoms with Crippen LogP contribution < -0.4 is 0 Å². The Bertz CT molecular complexity index is 762. The topological polar surface area (TPSA) is 71.1 Å². The van der Waals surface area contributed by atoms with Gasteiger partial charge >= 0.3 is 11.9 Å². The summed E-state index contributed by atoms with van der Waals surface area (Å²) in [6, 6.07) is 0. The van der Waals surface area contributed by atoms with E-state index in [2.05, 4.69) is 67.3 Å². The largest absolute Gasteiger partial charge is 0.467 e. The minimum atomic E-state index is -2.04. The maximum absolute atomic E-state index is 12.4. The molecule has 0 aromatic rings. The zero-order valence-corrected chi connectivity index (χ0v) is 22.5. The van der Waals surface area contributed by atoms with Gasteiger partial charge in [-0.05, 0) is 48.5 Å². The van der Waals surface area contributed by atoms with Gasteiger partial charge in [0.1, 0.15) is 0 Å². The van der Waals surface area contributed by atoms with Crippen molar-refractivity contribution in [2.75, 3.05) is 14.2 Å². The Balaban J connectivity index is 2.54. The lowest BCUT2D eigenvalue weighted by Crippen LogP contribution is -2.46. The zero-order chi connectivity index (χ0) is 24.7. The van der Waals surface area contributed by atoms with Crippen molar-refractivity contribution in [3.63, 3.8) is 0 Å². The molecule has 7 heteroatoms. The Morgan fingerprint density at radius 1 is 1.22 bits per heavy atom. The first-order chi connectivity index (χ1) is 14.6. The molecule has 2 rings (SSSR count). The first-order valence-electron chi connectivity index (χ1n) is 11.4. The normalized spacial score (nSPS) is 29.5. The third-order valence-corrected chi connectivity index (χ3v) is 12.4. The second kappa shape index (κ2) is 9.07. The molecule has 6 nitrogen and oxygen atoms in total. The highest BCUT2D eigenvalue weighted by Crippen LogP contribution is 2.69. The van der Waals surface area contributed by atoms with Gasteiger partial charge in [0.15, 0.2) is 8.32 Å². The molecule has 4 atom stereocenters. The van der Waals surface area contributed by atoms with E-state index in [-0.39, 0.29) is 28.4 Å². The number of hydrogen-bond acceptors (Lipinski definition) is 6. The van der Waals surface area contributed by atoms with Gasteiger partial charge in [0, 0.05) is 11.3 Å². The van der Waals surface area contributed by atoms with Crippen molar-refractivity contribution in [3.05, 3.63) is 24.3 Å². The number of allylic oxidation sites excluding steroid dienone is 1. The van der Waals surface area contributed by atoms with Gasteiger partial charge < -0.3 is 18.6 Å². The summed E-state index contributed by atoms with van der Waals surface area (Å²) in [5.41, 5.74) is 0.0626. The fourth-order valence-electron chi connectivity index (χ4n) is 4.74. The van der Waals surface area contributed by atoms with Crippen molar-refractivity contribution in [1.29, 1.82) is 0 Å². The van der Waals surface area contributed by atoms with Crippen molar-refractivity contribution < 1.29 is 28.2 Å². The van der Waals surface area contributed by atoms with Crippen LogP contribution in [0, 0.1) is 17.3 Å². The van der Waals surface area contributed by atoms with Crippen LogP contribution in [0.3, 0.4) is 0 Å². The van der Waals surface area contributed by atoms with E-state index in [1.165, 1.54) is 14.2 Å². The van der Waals surface area contributed by atoms with Crippen LogP contribution in [0.25, 0.3) is 0 Å². The van der Waals surface area contributed by atoms with Crippen molar-refractivity contribution >= 4 is 20.3 Å². The van der Waals surface area contributed by atoms with Gasteiger partial charge in [-0.1, -0.05) is 47.6 Å². The SMILES string of the molecule is C=CCC1=C[C@@]2(OC(C(=O)OC)C(=O)OC)[C@@H](C[C@H](C)[C@@H]1O[Si](C)(C)C(C)(C)C)C2(C)C. The monoisotopic (exact) mass is 466 g/mol. The lowest BCUT2D eigenvalue weighted by Gasteiger charge is -2.41. The second-order valence-electron chi connectivity index (χ2n) is 11.3. The fourth-order valence-corrected chi connectivity index (χ4v) is 6.11. The van der Waals surface area contributed by atoms with Crippen molar-refractivity contribution in [3.8, 4) is 0 Å². The quantitative estimate of drug-likeness (QED) is 0.216. The van der Waals surface area contributed by atoms with Crippen LogP contribution in [-0.4, -0.2) is 52.3 Å². The van der Waals surface area contributed by atoms with E-state index < -0.39 is 32.0 Å². The molecule has 0 aromatic heterocycles. The Labute approximate surface area is 194 Å². The predicted molar refractivity (Wildman–Crippen MR) is 128 cm³/mol. The van der Waals surface area contributed by atoms with Crippen LogP contribution in [0.4, 0.5) is 0 Å². The number of ether oxygens (including phenoxy) is 3. The number of rotatable bonds is 8. The highest BCUT2D eigenvalue weighted by Gasteiger charge is 2.73. The third-order valence-electron chi connectivity index (χ3n) is 7.95. The molecule has 0 radical (unpaired) electrons. The smallest absolute Gasteiger partial charge is 0.346 e. The zero-order valence-electron chi connectivity index (χ0n) is 21.5. The minimum absolute atomic E-state index is 0.0623. The minimum Gasteiger partial charge on any atom is -0.467 e. The summed E-state index contributed by atoms with van der Waals surface area (Å²) in [7, 11) is 0.446. The van der Waals surface area contributed by atoms with Crippen LogP contribution >= 0.6 is 0 Å². The Hall–Kier alpha value is -1.44. The van der Waals surface area contributed by atoms with E-state index in [0.29, 0.717) is 6.42 Å². The number of hydrogen-bond donors (Lipinski definition) is 0. The number of carbonyl (C=O) groups excluding carboxylic acids is 2. The van der Waals surface area contributed by atoms with Crippen LogP contribution in [0.15, 0.2) is 24.3 Å². The van der Waals surface area contributed by atoms with Crippen LogP contribution in [0.2, 0.25) is 18.1 Å². The average Bonchev–Trinajstić information content (AvgIpc) is 3.17. The summed E-state index contributed by atoms with van der Waals surface area (Å²) in [6.45, 7) is 21.6. The molecular formula is C25H42O6Si. The molecule has 0 bridgehead atoms. The molecule has 0 amide bonds. The first-order valence-corrected chi connectivity index (χ1v) is 14.3. The van der Waals surface area contributed by atoms with E-state index >= 15 is 0 Å². The number of esters is 2. The molecule has 182 valence electrons. The van der Waals surface area contributed by atoms with Gasteiger partial charge in [0.05, 0.1) is 25.9 Å². The molecule has 0 heterocycles. The molecule has 2 aliphatic carbocycles. The van der Waals surface area contributed by atoms with Gasteiger partial charge in [0.2, 0.25) is 0 Å². The Kier molecular flexibility index (Phi) is 7.60. The third kappa shape index (κ3) is 4.61. The molecule has 1 fully saturated rings. The Morgan fingerprint density at radius 2 is 1.75 bits per heavy atom. The first kappa shape index (κ1) is 26.8. The molecule has 0 spiro atoms. The summed E-state index contributed by atoms with van der Waals surface area (Å²) in [5, 5.41) is 0.0789. The van der Waals surface area contributed by atoms with Crippen LogP contribution in [0.1, 0.15) is 54.4 Å². The van der Waals surface area contributed by atoms with Gasteiger partial charge in [-0.2, -0.15) is 0 Å². The molecule has 0 N–H and O–H groups in total. The Morgan fingerprint density at radius 3 is 2.19 bits per heavy atom. The highest BCUT2D eigenvalue weighted by atomic mass is 28.4. The van der Waals surface area contributed by atoms with Crippen LogP contribution in [-0.2, 0) is 28.2 Å². The maximum Gasteiger partial charge on any atom is 0.346 e. The fraction of sp³-hybridized carbons (Fsp3) is 0.760. The van der Waals surface area contributed by atoms with E-state index in [0.717, 1.165) is 12.0 Å². The van der Waals surface area contributed by atoms with Gasteiger partial charge in [-0.25, -0.2) is 9.59 Å². The molecule has 0 aromatic carbocycles. The number of carbonyl (C=O) groups is 2. The standard InChI is InChI=1S/C25H42O6Si/c1-12-13-17-15-25(30-20(21(26)28-8)22(27)29-9)18(24(25,6)7)14-16(2)19(17)31-32(10,11)23(3,4)5/h12,15-16,18-20H,1,13-14H2,2-11H3/t16-,18-,19-,25+/m0/s1. The second-order valence-corrected chi connectivity index (χ2v) is 16.1. The van der Waals surface area contributed by atoms with Crippen molar-refractivity contribution in [2.24, 2.45) is 17.3 Å². The maximum atomic E-state index is 12.4. The average molecular weight is 467 g/mol. The van der Waals surface area contributed by atoms with Gasteiger partial charge in [-0.3, -0.25) is 0 Å². The summed E-state index contributed by atoms with van der Waals surface area (Å²) < 4.78 is 22.9. The lowest BCUT2D eigenvalue weighted by atomic mass is 9.89. The van der Waals surface area contributed by atoms with E-state index in [1.807, 2.05) is 6.08 Å². The van der Waals surface area contributed by atoms with Gasteiger partial charge in [-0.15, -0.1) is 6.58 Å². The lowest BCUT2D eigenvalue weighted by molar-refractivity contribution is -0.176. The number of fused-ring (bicyclic) bond motifs is 1. The molecule has 32 heavy (non-hydrogen) atoms. The molecule has 2 aliphatic rings. The summed E-state index contributed by atoms with van der Waals surface area (Å²) in [6.07, 6.45) is 4.01. The van der Waals surface area contributed by atoms with Crippen molar-refractivity contribution in [1.82, 2.24) is 0 Å². The van der Waals surface area contributed by atoms with Gasteiger partial charge in [0.25, 0.3) is 6.10 Å². The molecule has 0 unspecified atom stereocenters. The summed E-state index contributed by atoms with van der Waals surface area (Å²) >= 11 is 0. The summed E-state index contributed by atoms with van der Waals surface area (Å²) in [5.74, 6) is -1.12. The predicted octanol–water partition coefficient (Wildman–Crippen LogP) is 5.05. The van der Waals surface area contributed by atoms with Crippen LogP contribution in [0.5, 0.6) is 0 Å². The van der Waals surface area contributed by atoms with E-state index in [1.54, 1.807) is 0 Å². The molecular weight excluding hydrogens is 424 g/mol. The van der Waals surface area contributed by atoms with Crippen molar-refractivity contribution in [2.45, 2.75) is 90.3 Å².